The van der Waals surface area contributed by atoms with Crippen LogP contribution < -0.4 is 4.72 Å². The summed E-state index contributed by atoms with van der Waals surface area (Å²) in [5, 5.41) is 8.66. The van der Waals surface area contributed by atoms with E-state index in [0.29, 0.717) is 12.1 Å². The zero-order chi connectivity index (χ0) is 12.9. The molecule has 0 amide bonds. The molecule has 0 unspecified atom stereocenters. The molecule has 0 saturated carbocycles. The number of sulfonamides is 1. The van der Waals surface area contributed by atoms with Crippen molar-refractivity contribution in [3.63, 3.8) is 0 Å². The monoisotopic (exact) mass is 253 g/mol. The van der Waals surface area contributed by atoms with Crippen LogP contribution in [0.25, 0.3) is 0 Å². The predicted octanol–water partition coefficient (Wildman–Crippen LogP) is 0.637. The van der Waals surface area contributed by atoms with E-state index in [2.05, 4.69) is 16.6 Å². The lowest BCUT2D eigenvalue weighted by Gasteiger charge is -2.07. The predicted molar refractivity (Wildman–Crippen MR) is 66.0 cm³/mol. The topological polar surface area (TPSA) is 66.4 Å². The van der Waals surface area contributed by atoms with Gasteiger partial charge < -0.3 is 5.11 Å². The highest BCUT2D eigenvalue weighted by atomic mass is 32.2. The van der Waals surface area contributed by atoms with Gasteiger partial charge in [0.05, 0.1) is 4.90 Å². The zero-order valence-electron chi connectivity index (χ0n) is 9.82. The van der Waals surface area contributed by atoms with Gasteiger partial charge >= 0.3 is 0 Å². The minimum absolute atomic E-state index is 0.144. The summed E-state index contributed by atoms with van der Waals surface area (Å²) in [4.78, 5) is 0.144. The third-order valence-corrected chi connectivity index (χ3v) is 3.66. The molecule has 0 bridgehead atoms. The average Bonchev–Trinajstić information content (AvgIpc) is 2.26. The molecule has 2 N–H and O–H groups in total. The van der Waals surface area contributed by atoms with E-state index >= 15 is 0 Å². The van der Waals surface area contributed by atoms with Gasteiger partial charge in [-0.25, -0.2) is 13.1 Å². The van der Waals surface area contributed by atoms with Gasteiger partial charge in [-0.05, 0) is 24.6 Å². The van der Waals surface area contributed by atoms with Crippen molar-refractivity contribution in [2.45, 2.75) is 18.7 Å². The Hall–Kier alpha value is -1.35. The average molecular weight is 253 g/mol. The largest absolute Gasteiger partial charge is 0.384 e. The van der Waals surface area contributed by atoms with E-state index in [0.717, 1.165) is 5.56 Å². The van der Waals surface area contributed by atoms with Crippen LogP contribution in [-0.4, -0.2) is 26.7 Å². The summed E-state index contributed by atoms with van der Waals surface area (Å²) < 4.78 is 26.2. The van der Waals surface area contributed by atoms with Crippen molar-refractivity contribution in [1.29, 1.82) is 0 Å². The summed E-state index contributed by atoms with van der Waals surface area (Å²) in [5.74, 6) is 5.11. The Kier molecular flexibility index (Phi) is 4.70. The molecular weight excluding hydrogens is 238 g/mol. The molecule has 5 heteroatoms. The maximum absolute atomic E-state index is 11.9. The summed E-state index contributed by atoms with van der Waals surface area (Å²) in [6.45, 7) is 3.59. The van der Waals surface area contributed by atoms with Crippen LogP contribution in [0.3, 0.4) is 0 Å². The van der Waals surface area contributed by atoms with Crippen molar-refractivity contribution >= 4 is 10.0 Å². The Morgan fingerprint density at radius 2 is 2.12 bits per heavy atom. The highest BCUT2D eigenvalue weighted by Gasteiger charge is 2.16. The first kappa shape index (κ1) is 13.7. The van der Waals surface area contributed by atoms with Crippen LogP contribution in [0.4, 0.5) is 0 Å². The number of hydrogen-bond donors (Lipinski definition) is 2. The highest BCUT2D eigenvalue weighted by Crippen LogP contribution is 2.16. The summed E-state index contributed by atoms with van der Waals surface area (Å²) in [6, 6.07) is 4.93. The number of hydrogen-bond acceptors (Lipinski definition) is 3. The Bertz CT molecular complexity index is 553. The Balaban J connectivity index is 3.33. The summed E-state index contributed by atoms with van der Waals surface area (Å²) in [6.07, 6.45) is 0. The van der Waals surface area contributed by atoms with Crippen LogP contribution in [0, 0.1) is 18.8 Å². The van der Waals surface area contributed by atoms with E-state index < -0.39 is 10.0 Å². The smallest absolute Gasteiger partial charge is 0.241 e. The second-order valence-electron chi connectivity index (χ2n) is 3.46. The molecule has 0 aromatic heterocycles. The molecule has 1 aromatic rings. The van der Waals surface area contributed by atoms with E-state index in [4.69, 9.17) is 5.11 Å². The van der Waals surface area contributed by atoms with Crippen LogP contribution in [0.15, 0.2) is 23.1 Å². The molecule has 4 nitrogen and oxygen atoms in total. The van der Waals surface area contributed by atoms with Gasteiger partial charge in [-0.1, -0.05) is 24.8 Å². The third-order valence-electron chi connectivity index (χ3n) is 2.06. The van der Waals surface area contributed by atoms with E-state index in [1.54, 1.807) is 19.1 Å². The molecule has 0 heterocycles. The molecule has 0 aliphatic carbocycles. The Morgan fingerprint density at radius 1 is 1.41 bits per heavy atom. The van der Waals surface area contributed by atoms with Crippen molar-refractivity contribution < 1.29 is 13.5 Å². The lowest BCUT2D eigenvalue weighted by atomic mass is 10.1. The molecule has 0 fully saturated rings. The molecule has 1 aromatic carbocycles. The minimum atomic E-state index is -3.52. The van der Waals surface area contributed by atoms with E-state index in [-0.39, 0.29) is 11.5 Å². The molecule has 0 aliphatic rings. The Morgan fingerprint density at radius 3 is 2.71 bits per heavy atom. The number of benzene rings is 1. The molecule has 0 atom stereocenters. The van der Waals surface area contributed by atoms with Gasteiger partial charge in [-0.15, -0.1) is 0 Å². The van der Waals surface area contributed by atoms with Gasteiger partial charge in [0.2, 0.25) is 10.0 Å². The number of aliphatic hydroxyl groups is 1. The third kappa shape index (κ3) is 3.56. The zero-order valence-corrected chi connectivity index (χ0v) is 10.6. The minimum Gasteiger partial charge on any atom is -0.384 e. The van der Waals surface area contributed by atoms with Crippen molar-refractivity contribution in [2.75, 3.05) is 13.2 Å². The normalized spacial score (nSPS) is 10.8. The first-order valence-corrected chi connectivity index (χ1v) is 6.69. The fraction of sp³-hybridized carbons (Fsp3) is 0.333. The van der Waals surface area contributed by atoms with Crippen LogP contribution >= 0.6 is 0 Å². The fourth-order valence-electron chi connectivity index (χ4n) is 1.38. The molecule has 92 valence electrons. The van der Waals surface area contributed by atoms with Gasteiger partial charge in [-0.2, -0.15) is 0 Å². The fourth-order valence-corrected chi connectivity index (χ4v) is 2.56. The van der Waals surface area contributed by atoms with Crippen molar-refractivity contribution in [2.24, 2.45) is 0 Å². The quantitative estimate of drug-likeness (QED) is 0.777. The standard InChI is InChI=1S/C12H15NO3S/c1-3-13-17(15,16)12-7-6-10(2)9-11(12)5-4-8-14/h6-7,9,13-14H,3,8H2,1-2H3. The SMILES string of the molecule is CCNS(=O)(=O)c1ccc(C)cc1C#CCO. The number of nitrogens with one attached hydrogen (secondary N) is 1. The van der Waals surface area contributed by atoms with Crippen molar-refractivity contribution in [3.8, 4) is 11.8 Å². The van der Waals surface area contributed by atoms with Gasteiger partial charge in [0.25, 0.3) is 0 Å². The maximum Gasteiger partial charge on any atom is 0.241 e. The molecule has 0 aliphatic heterocycles. The van der Waals surface area contributed by atoms with Gasteiger partial charge in [0.1, 0.15) is 6.61 Å². The van der Waals surface area contributed by atoms with E-state index in [1.165, 1.54) is 6.07 Å². The van der Waals surface area contributed by atoms with E-state index in [9.17, 15) is 8.42 Å². The van der Waals surface area contributed by atoms with Gasteiger partial charge in [-0.3, -0.25) is 0 Å². The molecule has 0 spiro atoms. The Labute approximate surface area is 102 Å². The molecule has 0 saturated heterocycles. The highest BCUT2D eigenvalue weighted by molar-refractivity contribution is 7.89. The number of aliphatic hydroxyl groups excluding tert-OH is 1. The molecule has 17 heavy (non-hydrogen) atoms. The number of aryl methyl sites for hydroxylation is 1. The molecule has 1 rings (SSSR count). The second-order valence-corrected chi connectivity index (χ2v) is 5.20. The maximum atomic E-state index is 11.9. The first-order chi connectivity index (χ1) is 8.01. The van der Waals surface area contributed by atoms with Crippen LogP contribution in [0.1, 0.15) is 18.1 Å². The van der Waals surface area contributed by atoms with Crippen molar-refractivity contribution in [3.05, 3.63) is 29.3 Å². The molecule has 0 radical (unpaired) electrons. The van der Waals surface area contributed by atoms with Crippen LogP contribution in [-0.2, 0) is 10.0 Å². The van der Waals surface area contributed by atoms with Crippen LogP contribution in [0.2, 0.25) is 0 Å². The first-order valence-electron chi connectivity index (χ1n) is 5.21. The lowest BCUT2D eigenvalue weighted by Crippen LogP contribution is -2.24. The second kappa shape index (κ2) is 5.82. The summed E-state index contributed by atoms with van der Waals surface area (Å²) in [7, 11) is -3.52. The van der Waals surface area contributed by atoms with Gasteiger partial charge in [0, 0.05) is 12.1 Å². The van der Waals surface area contributed by atoms with Crippen molar-refractivity contribution in [1.82, 2.24) is 4.72 Å². The van der Waals surface area contributed by atoms with E-state index in [1.807, 2.05) is 6.92 Å². The van der Waals surface area contributed by atoms with Crippen LogP contribution in [0.5, 0.6) is 0 Å². The molecular formula is C12H15NO3S. The van der Waals surface area contributed by atoms with Gasteiger partial charge in [0.15, 0.2) is 0 Å². The lowest BCUT2D eigenvalue weighted by molar-refractivity contribution is 0.350. The summed E-state index contributed by atoms with van der Waals surface area (Å²) >= 11 is 0. The number of rotatable bonds is 3. The summed E-state index contributed by atoms with van der Waals surface area (Å²) in [5.41, 5.74) is 1.32.